The van der Waals surface area contributed by atoms with E-state index in [0.717, 1.165) is 6.07 Å². The summed E-state index contributed by atoms with van der Waals surface area (Å²) >= 11 is 0. The lowest BCUT2D eigenvalue weighted by Crippen LogP contribution is -2.36. The van der Waals surface area contributed by atoms with Crippen LogP contribution < -0.4 is 4.72 Å². The minimum Gasteiger partial charge on any atom is -0.396 e. The molecule has 0 fully saturated rings. The lowest BCUT2D eigenvalue weighted by molar-refractivity contribution is 0.163. The third kappa shape index (κ3) is 3.72. The number of hydrogen-bond acceptors (Lipinski definition) is 4. The fourth-order valence-corrected chi connectivity index (χ4v) is 2.23. The average molecular weight is 262 g/mol. The largest absolute Gasteiger partial charge is 0.396 e. The Labute approximate surface area is 99.7 Å². The predicted octanol–water partition coefficient (Wildman–Crippen LogP) is 0.517. The number of aromatic nitrogens is 1. The van der Waals surface area contributed by atoms with E-state index in [-0.39, 0.29) is 13.2 Å². The van der Waals surface area contributed by atoms with Crippen LogP contribution in [0.3, 0.4) is 0 Å². The van der Waals surface area contributed by atoms with Crippen molar-refractivity contribution in [1.29, 1.82) is 0 Å². The van der Waals surface area contributed by atoms with Crippen LogP contribution in [0.15, 0.2) is 23.4 Å². The maximum atomic E-state index is 13.3. The van der Waals surface area contributed by atoms with Gasteiger partial charge in [-0.05, 0) is 12.1 Å². The molecule has 0 aliphatic rings. The number of halogens is 1. The Balaban J connectivity index is 2.88. The highest BCUT2D eigenvalue weighted by atomic mass is 32.2. The topological polar surface area (TPSA) is 79.3 Å². The summed E-state index contributed by atoms with van der Waals surface area (Å²) in [7, 11) is -3.98. The molecule has 0 saturated carbocycles. The Morgan fingerprint density at radius 1 is 1.53 bits per heavy atom. The van der Waals surface area contributed by atoms with Gasteiger partial charge in [0.05, 0.1) is 0 Å². The maximum Gasteiger partial charge on any atom is 0.261 e. The van der Waals surface area contributed by atoms with Crippen LogP contribution >= 0.6 is 0 Å². The first-order valence-electron chi connectivity index (χ1n) is 4.99. The van der Waals surface area contributed by atoms with Gasteiger partial charge in [0.25, 0.3) is 10.0 Å². The maximum absolute atomic E-state index is 13.3. The van der Waals surface area contributed by atoms with Crippen LogP contribution in [0.25, 0.3) is 0 Å². The molecule has 0 unspecified atom stereocenters. The van der Waals surface area contributed by atoms with Gasteiger partial charge >= 0.3 is 0 Å². The Bertz CT molecular complexity index is 488. The van der Waals surface area contributed by atoms with Crippen LogP contribution in [0.2, 0.25) is 0 Å². The van der Waals surface area contributed by atoms with Gasteiger partial charge in [-0.2, -0.15) is 0 Å². The molecule has 0 spiro atoms. The number of nitrogens with one attached hydrogen (secondary N) is 1. The molecule has 0 amide bonds. The summed E-state index contributed by atoms with van der Waals surface area (Å²) in [6.07, 6.45) is 1.20. The molecule has 0 aliphatic heterocycles. The minimum atomic E-state index is -3.98. The van der Waals surface area contributed by atoms with Crippen molar-refractivity contribution in [2.75, 3.05) is 13.2 Å². The van der Waals surface area contributed by atoms with Crippen molar-refractivity contribution >= 4 is 10.0 Å². The minimum absolute atomic E-state index is 0.00183. The van der Waals surface area contributed by atoms with Crippen LogP contribution in [-0.4, -0.2) is 31.7 Å². The molecule has 0 atom stereocenters. The summed E-state index contributed by atoms with van der Waals surface area (Å²) in [5.41, 5.74) is -0.613. The molecule has 0 bridgehead atoms. The highest BCUT2D eigenvalue weighted by molar-refractivity contribution is 7.89. The SMILES string of the molecule is CC(C)(CO)CNS(=O)(=O)c1ncccc1F. The fraction of sp³-hybridized carbons (Fsp3) is 0.500. The third-order valence-electron chi connectivity index (χ3n) is 2.15. The number of nitrogens with zero attached hydrogens (tertiary/aromatic N) is 1. The zero-order valence-electron chi connectivity index (χ0n) is 9.64. The van der Waals surface area contributed by atoms with Gasteiger partial charge in [-0.3, -0.25) is 0 Å². The molecule has 96 valence electrons. The van der Waals surface area contributed by atoms with Crippen LogP contribution in [0, 0.1) is 11.2 Å². The molecular formula is C10H15FN2O3S. The van der Waals surface area contributed by atoms with Gasteiger partial charge in [0.2, 0.25) is 5.03 Å². The lowest BCUT2D eigenvalue weighted by Gasteiger charge is -2.21. The monoisotopic (exact) mass is 262 g/mol. The summed E-state index contributed by atoms with van der Waals surface area (Å²) in [5, 5.41) is 8.36. The molecule has 1 heterocycles. The first-order valence-corrected chi connectivity index (χ1v) is 6.48. The zero-order valence-corrected chi connectivity index (χ0v) is 10.5. The second-order valence-corrected chi connectivity index (χ2v) is 6.12. The molecule has 0 aromatic carbocycles. The lowest BCUT2D eigenvalue weighted by atomic mass is 9.96. The van der Waals surface area contributed by atoms with Gasteiger partial charge in [0.15, 0.2) is 5.82 Å². The Kier molecular flexibility index (Phi) is 4.18. The fourth-order valence-electron chi connectivity index (χ4n) is 0.984. The van der Waals surface area contributed by atoms with Crippen molar-refractivity contribution in [1.82, 2.24) is 9.71 Å². The van der Waals surface area contributed by atoms with E-state index in [0.29, 0.717) is 0 Å². The van der Waals surface area contributed by atoms with Gasteiger partial charge in [0, 0.05) is 24.8 Å². The summed E-state index contributed by atoms with van der Waals surface area (Å²) in [6, 6.07) is 2.34. The van der Waals surface area contributed by atoms with Gasteiger partial charge in [-0.15, -0.1) is 0 Å². The van der Waals surface area contributed by atoms with E-state index in [1.165, 1.54) is 12.3 Å². The number of aliphatic hydroxyl groups excluding tert-OH is 1. The summed E-state index contributed by atoms with van der Waals surface area (Å²) in [6.45, 7) is 3.19. The first kappa shape index (κ1) is 14.0. The summed E-state index contributed by atoms with van der Waals surface area (Å²) in [5.74, 6) is -0.901. The molecule has 1 aromatic rings. The summed E-state index contributed by atoms with van der Waals surface area (Å²) < 4.78 is 38.9. The predicted molar refractivity (Wildman–Crippen MR) is 60.3 cm³/mol. The molecule has 0 radical (unpaired) electrons. The molecule has 1 aromatic heterocycles. The smallest absolute Gasteiger partial charge is 0.261 e. The van der Waals surface area contributed by atoms with Crippen LogP contribution in [0.1, 0.15) is 13.8 Å². The number of rotatable bonds is 5. The van der Waals surface area contributed by atoms with E-state index in [1.54, 1.807) is 13.8 Å². The second-order valence-electron chi connectivity index (χ2n) is 4.44. The van der Waals surface area contributed by atoms with Crippen LogP contribution in [0.5, 0.6) is 0 Å². The van der Waals surface area contributed by atoms with Crippen molar-refractivity contribution in [2.24, 2.45) is 5.41 Å². The number of pyridine rings is 1. The molecule has 17 heavy (non-hydrogen) atoms. The van der Waals surface area contributed by atoms with Gasteiger partial charge < -0.3 is 5.11 Å². The second kappa shape index (κ2) is 5.07. The highest BCUT2D eigenvalue weighted by Gasteiger charge is 2.24. The molecule has 7 heteroatoms. The van der Waals surface area contributed by atoms with Crippen LogP contribution in [0.4, 0.5) is 4.39 Å². The zero-order chi connectivity index (χ0) is 13.1. The van der Waals surface area contributed by atoms with Crippen LogP contribution in [-0.2, 0) is 10.0 Å². The van der Waals surface area contributed by atoms with E-state index in [4.69, 9.17) is 5.11 Å². The van der Waals surface area contributed by atoms with Crippen molar-refractivity contribution < 1.29 is 17.9 Å². The van der Waals surface area contributed by atoms with E-state index in [9.17, 15) is 12.8 Å². The quantitative estimate of drug-likeness (QED) is 0.810. The number of hydrogen-bond donors (Lipinski definition) is 2. The Morgan fingerprint density at radius 3 is 2.71 bits per heavy atom. The molecule has 2 N–H and O–H groups in total. The van der Waals surface area contributed by atoms with Gasteiger partial charge in [-0.25, -0.2) is 22.5 Å². The van der Waals surface area contributed by atoms with E-state index in [1.807, 2.05) is 0 Å². The van der Waals surface area contributed by atoms with Crippen molar-refractivity contribution in [2.45, 2.75) is 18.9 Å². The van der Waals surface area contributed by atoms with Gasteiger partial charge in [-0.1, -0.05) is 13.8 Å². The number of aliphatic hydroxyl groups is 1. The molecule has 1 rings (SSSR count). The Hall–Kier alpha value is -1.05. The van der Waals surface area contributed by atoms with Crippen molar-refractivity contribution in [3.05, 3.63) is 24.1 Å². The standard InChI is InChI=1S/C10H15FN2O3S/c1-10(2,7-14)6-13-17(15,16)9-8(11)4-3-5-12-9/h3-5,13-14H,6-7H2,1-2H3. The third-order valence-corrected chi connectivity index (χ3v) is 3.48. The van der Waals surface area contributed by atoms with E-state index < -0.39 is 26.3 Å². The Morgan fingerprint density at radius 2 is 2.18 bits per heavy atom. The highest BCUT2D eigenvalue weighted by Crippen LogP contribution is 2.15. The van der Waals surface area contributed by atoms with E-state index in [2.05, 4.69) is 9.71 Å². The normalized spacial score (nSPS) is 12.7. The van der Waals surface area contributed by atoms with E-state index >= 15 is 0 Å². The first-order chi connectivity index (χ1) is 7.78. The average Bonchev–Trinajstić information content (AvgIpc) is 2.27. The van der Waals surface area contributed by atoms with Crippen molar-refractivity contribution in [3.8, 4) is 0 Å². The molecule has 5 nitrogen and oxygen atoms in total. The molecular weight excluding hydrogens is 247 g/mol. The van der Waals surface area contributed by atoms with Gasteiger partial charge in [0.1, 0.15) is 0 Å². The summed E-state index contributed by atoms with van der Waals surface area (Å²) in [4.78, 5) is 3.49. The number of sulfonamides is 1. The van der Waals surface area contributed by atoms with Crippen molar-refractivity contribution in [3.63, 3.8) is 0 Å². The molecule has 0 saturated heterocycles. The molecule has 0 aliphatic carbocycles.